The topological polar surface area (TPSA) is 39.2 Å². The highest BCUT2D eigenvalue weighted by molar-refractivity contribution is 9.10. The number of halogens is 1. The minimum atomic E-state index is -0.196. The fourth-order valence-electron chi connectivity index (χ4n) is 2.96. The zero-order valence-electron chi connectivity index (χ0n) is 11.3. The summed E-state index contributed by atoms with van der Waals surface area (Å²) in [6.07, 6.45) is 4.60. The lowest BCUT2D eigenvalue weighted by atomic mass is 9.91. The molecule has 3 rings (SSSR count). The van der Waals surface area contributed by atoms with Crippen LogP contribution in [0.15, 0.2) is 22.7 Å². The fraction of sp³-hybridized carbons (Fsp3) is 0.467. The van der Waals surface area contributed by atoms with Gasteiger partial charge in [0, 0.05) is 4.47 Å². The van der Waals surface area contributed by atoms with Gasteiger partial charge in [-0.3, -0.25) is 4.79 Å². The van der Waals surface area contributed by atoms with Gasteiger partial charge in [-0.05, 0) is 37.0 Å². The van der Waals surface area contributed by atoms with Crippen molar-refractivity contribution in [1.82, 2.24) is 4.98 Å². The van der Waals surface area contributed by atoms with Gasteiger partial charge < -0.3 is 4.74 Å². The van der Waals surface area contributed by atoms with Gasteiger partial charge in [0.15, 0.2) is 0 Å². The molecule has 0 amide bonds. The number of hydrogen-bond donors (Lipinski definition) is 0. The summed E-state index contributed by atoms with van der Waals surface area (Å²) in [7, 11) is 1.47. The smallest absolute Gasteiger partial charge is 0.315 e. The molecule has 1 aliphatic rings. The number of esters is 1. The van der Waals surface area contributed by atoms with Gasteiger partial charge in [0.05, 0.1) is 17.3 Å². The van der Waals surface area contributed by atoms with E-state index in [9.17, 15) is 4.79 Å². The summed E-state index contributed by atoms with van der Waals surface area (Å²) in [5.41, 5.74) is 0.950. The Morgan fingerprint density at radius 2 is 2.20 bits per heavy atom. The monoisotopic (exact) mass is 353 g/mol. The predicted molar refractivity (Wildman–Crippen MR) is 84.0 cm³/mol. The first-order chi connectivity index (χ1) is 9.69. The number of benzene rings is 1. The van der Waals surface area contributed by atoms with Crippen LogP contribution in [0.1, 0.15) is 36.6 Å². The van der Waals surface area contributed by atoms with E-state index in [1.165, 1.54) is 20.0 Å². The van der Waals surface area contributed by atoms with Crippen LogP contribution in [0.25, 0.3) is 10.2 Å². The van der Waals surface area contributed by atoms with Gasteiger partial charge >= 0.3 is 5.97 Å². The van der Waals surface area contributed by atoms with Crippen molar-refractivity contribution in [3.63, 3.8) is 0 Å². The van der Waals surface area contributed by atoms with Crippen LogP contribution in [-0.2, 0) is 9.53 Å². The highest BCUT2D eigenvalue weighted by Gasteiger charge is 2.35. The van der Waals surface area contributed by atoms with E-state index in [4.69, 9.17) is 4.74 Å². The Morgan fingerprint density at radius 3 is 2.90 bits per heavy atom. The fourth-order valence-corrected chi connectivity index (χ4v) is 4.44. The molecule has 1 aliphatic carbocycles. The number of methoxy groups -OCH3 is 1. The molecule has 1 saturated carbocycles. The quantitative estimate of drug-likeness (QED) is 0.762. The highest BCUT2D eigenvalue weighted by Crippen LogP contribution is 2.40. The van der Waals surface area contributed by atoms with Crippen LogP contribution in [0.3, 0.4) is 0 Å². The van der Waals surface area contributed by atoms with Crippen molar-refractivity contribution >= 4 is 43.5 Å². The second-order valence-corrected chi connectivity index (χ2v) is 7.19. The SMILES string of the molecule is COC(=O)C(c1nc2cc(Br)ccc2s1)C1CCCC1. The third kappa shape index (κ3) is 2.61. The van der Waals surface area contributed by atoms with Crippen LogP contribution >= 0.6 is 27.3 Å². The summed E-state index contributed by atoms with van der Waals surface area (Å²) < 4.78 is 7.15. The molecule has 0 saturated heterocycles. The maximum Gasteiger partial charge on any atom is 0.315 e. The predicted octanol–water partition coefficient (Wildman–Crippen LogP) is 4.51. The first-order valence-corrected chi connectivity index (χ1v) is 8.44. The minimum Gasteiger partial charge on any atom is -0.468 e. The average molecular weight is 354 g/mol. The van der Waals surface area contributed by atoms with Crippen molar-refractivity contribution < 1.29 is 9.53 Å². The Morgan fingerprint density at radius 1 is 1.45 bits per heavy atom. The van der Waals surface area contributed by atoms with E-state index in [1.807, 2.05) is 18.2 Å². The van der Waals surface area contributed by atoms with E-state index in [2.05, 4.69) is 20.9 Å². The van der Waals surface area contributed by atoms with Gasteiger partial charge in [-0.25, -0.2) is 4.98 Å². The Kier molecular flexibility index (Phi) is 4.08. The summed E-state index contributed by atoms with van der Waals surface area (Å²) in [5, 5.41) is 0.900. The molecule has 106 valence electrons. The van der Waals surface area contributed by atoms with Gasteiger partial charge in [-0.1, -0.05) is 28.8 Å². The van der Waals surface area contributed by atoms with E-state index in [-0.39, 0.29) is 11.9 Å². The second-order valence-electron chi connectivity index (χ2n) is 5.21. The van der Waals surface area contributed by atoms with Crippen molar-refractivity contribution in [3.8, 4) is 0 Å². The number of thiazole rings is 1. The number of fused-ring (bicyclic) bond motifs is 1. The van der Waals surface area contributed by atoms with Gasteiger partial charge in [0.1, 0.15) is 10.9 Å². The molecule has 3 nitrogen and oxygen atoms in total. The molecule has 0 N–H and O–H groups in total. The van der Waals surface area contributed by atoms with Gasteiger partial charge in [0.2, 0.25) is 0 Å². The number of carbonyl (C=O) groups is 1. The van der Waals surface area contributed by atoms with Crippen LogP contribution in [-0.4, -0.2) is 18.1 Å². The Hall–Kier alpha value is -0.940. The molecule has 1 heterocycles. The molecule has 1 fully saturated rings. The summed E-state index contributed by atoms with van der Waals surface area (Å²) in [6, 6.07) is 6.05. The number of nitrogens with zero attached hydrogens (tertiary/aromatic N) is 1. The van der Waals surface area contributed by atoms with Gasteiger partial charge in [-0.2, -0.15) is 0 Å². The second kappa shape index (κ2) is 5.82. The summed E-state index contributed by atoms with van der Waals surface area (Å²) in [4.78, 5) is 16.9. The van der Waals surface area contributed by atoms with Crippen molar-refractivity contribution in [1.29, 1.82) is 0 Å². The maximum absolute atomic E-state index is 12.2. The molecular formula is C15H16BrNO2S. The number of ether oxygens (including phenoxy) is 1. The molecule has 0 radical (unpaired) electrons. The maximum atomic E-state index is 12.2. The van der Waals surface area contributed by atoms with Crippen LogP contribution < -0.4 is 0 Å². The lowest BCUT2D eigenvalue weighted by Gasteiger charge is -2.18. The Bertz CT molecular complexity index is 634. The lowest BCUT2D eigenvalue weighted by molar-refractivity contribution is -0.143. The van der Waals surface area contributed by atoms with Gasteiger partial charge in [0.25, 0.3) is 0 Å². The normalized spacial score (nSPS) is 17.5. The van der Waals surface area contributed by atoms with Crippen LogP contribution in [0, 0.1) is 5.92 Å². The van der Waals surface area contributed by atoms with Crippen LogP contribution in [0.5, 0.6) is 0 Å². The minimum absolute atomic E-state index is 0.143. The highest BCUT2D eigenvalue weighted by atomic mass is 79.9. The van der Waals surface area contributed by atoms with Gasteiger partial charge in [-0.15, -0.1) is 11.3 Å². The molecule has 0 aliphatic heterocycles. The standard InChI is InChI=1S/C15H16BrNO2S/c1-19-15(18)13(9-4-2-3-5-9)14-17-11-8-10(16)6-7-12(11)20-14/h6-9,13H,2-5H2,1H3. The van der Waals surface area contributed by atoms with E-state index >= 15 is 0 Å². The summed E-state index contributed by atoms with van der Waals surface area (Å²) in [5.74, 6) is 0.0418. The average Bonchev–Trinajstić information content (AvgIpc) is 3.07. The molecule has 1 aromatic carbocycles. The van der Waals surface area contributed by atoms with E-state index in [1.54, 1.807) is 11.3 Å². The van der Waals surface area contributed by atoms with Crippen LogP contribution in [0.4, 0.5) is 0 Å². The Balaban J connectivity index is 2.01. The number of carbonyl (C=O) groups excluding carboxylic acids is 1. The van der Waals surface area contributed by atoms with E-state index < -0.39 is 0 Å². The lowest BCUT2D eigenvalue weighted by Crippen LogP contribution is -2.21. The van der Waals surface area contributed by atoms with Crippen molar-refractivity contribution in [2.75, 3.05) is 7.11 Å². The third-order valence-corrected chi connectivity index (χ3v) is 5.57. The molecule has 20 heavy (non-hydrogen) atoms. The molecule has 1 aromatic heterocycles. The number of rotatable bonds is 3. The first-order valence-electron chi connectivity index (χ1n) is 6.83. The molecule has 0 bridgehead atoms. The third-order valence-electron chi connectivity index (χ3n) is 3.96. The van der Waals surface area contributed by atoms with E-state index in [0.29, 0.717) is 5.92 Å². The molecule has 1 atom stereocenters. The zero-order chi connectivity index (χ0) is 14.1. The molecular weight excluding hydrogens is 338 g/mol. The number of hydrogen-bond acceptors (Lipinski definition) is 4. The van der Waals surface area contributed by atoms with Crippen molar-refractivity contribution in [2.24, 2.45) is 5.92 Å². The molecule has 5 heteroatoms. The largest absolute Gasteiger partial charge is 0.468 e. The Labute approximate surface area is 130 Å². The van der Waals surface area contributed by atoms with Crippen molar-refractivity contribution in [3.05, 3.63) is 27.7 Å². The first kappa shape index (κ1) is 14.0. The summed E-state index contributed by atoms with van der Waals surface area (Å²) >= 11 is 5.07. The molecule has 2 aromatic rings. The summed E-state index contributed by atoms with van der Waals surface area (Å²) in [6.45, 7) is 0. The molecule has 1 unspecified atom stereocenters. The van der Waals surface area contributed by atoms with Crippen LogP contribution in [0.2, 0.25) is 0 Å². The van der Waals surface area contributed by atoms with E-state index in [0.717, 1.165) is 32.5 Å². The number of aromatic nitrogens is 1. The zero-order valence-corrected chi connectivity index (χ0v) is 13.7. The molecule has 0 spiro atoms. The van der Waals surface area contributed by atoms with Crippen molar-refractivity contribution in [2.45, 2.75) is 31.6 Å².